The third-order valence-electron chi connectivity index (χ3n) is 5.56. The van der Waals surface area contributed by atoms with E-state index in [0.717, 1.165) is 17.8 Å². The zero-order chi connectivity index (χ0) is 19.2. The number of likely N-dealkylation sites (tertiary alicyclic amines) is 1. The van der Waals surface area contributed by atoms with Crippen LogP contribution in [0.2, 0.25) is 0 Å². The molecule has 0 saturated carbocycles. The number of aryl methyl sites for hydroxylation is 2. The van der Waals surface area contributed by atoms with E-state index in [1.165, 1.54) is 6.20 Å². The summed E-state index contributed by atoms with van der Waals surface area (Å²) in [7, 11) is 3.79. The smallest absolute Gasteiger partial charge is 0.274 e. The Bertz CT molecular complexity index is 878. The summed E-state index contributed by atoms with van der Waals surface area (Å²) in [6.07, 6.45) is 7.49. The first-order valence-electron chi connectivity index (χ1n) is 8.96. The van der Waals surface area contributed by atoms with Gasteiger partial charge in [-0.15, -0.1) is 0 Å². The van der Waals surface area contributed by atoms with Gasteiger partial charge in [-0.1, -0.05) is 0 Å². The van der Waals surface area contributed by atoms with Gasteiger partial charge in [0.05, 0.1) is 35.9 Å². The second-order valence-electron chi connectivity index (χ2n) is 7.45. The second kappa shape index (κ2) is 6.41. The normalized spacial score (nSPS) is 23.4. The SMILES string of the molecule is Cc1cnc(C(=O)N2CC[C@@]3(C2)CN(c2cnn(C)c2)C(=O)CN3C)cn1. The predicted octanol–water partition coefficient (Wildman–Crippen LogP) is 0.0818. The van der Waals surface area contributed by atoms with Crippen molar-refractivity contribution in [1.29, 1.82) is 0 Å². The molecule has 1 spiro atoms. The molecule has 2 saturated heterocycles. The maximum atomic E-state index is 12.8. The zero-order valence-electron chi connectivity index (χ0n) is 15.8. The maximum Gasteiger partial charge on any atom is 0.274 e. The molecule has 2 aromatic rings. The summed E-state index contributed by atoms with van der Waals surface area (Å²) in [4.78, 5) is 39.5. The van der Waals surface area contributed by atoms with Gasteiger partial charge >= 0.3 is 0 Å². The first-order valence-corrected chi connectivity index (χ1v) is 8.96. The molecule has 2 amide bonds. The predicted molar refractivity (Wildman–Crippen MR) is 98.2 cm³/mol. The van der Waals surface area contributed by atoms with E-state index in [2.05, 4.69) is 20.0 Å². The van der Waals surface area contributed by atoms with Gasteiger partial charge in [0.1, 0.15) is 5.69 Å². The van der Waals surface area contributed by atoms with Gasteiger partial charge in [0.15, 0.2) is 0 Å². The first-order chi connectivity index (χ1) is 12.9. The second-order valence-corrected chi connectivity index (χ2v) is 7.45. The summed E-state index contributed by atoms with van der Waals surface area (Å²) in [6, 6.07) is 0. The average molecular weight is 369 g/mol. The van der Waals surface area contributed by atoms with Gasteiger partial charge in [0.25, 0.3) is 5.91 Å². The number of carbonyl (C=O) groups excluding carboxylic acids is 2. The lowest BCUT2D eigenvalue weighted by atomic mass is 9.93. The zero-order valence-corrected chi connectivity index (χ0v) is 15.8. The Hall–Kier alpha value is -2.81. The molecule has 9 nitrogen and oxygen atoms in total. The van der Waals surface area contributed by atoms with E-state index >= 15 is 0 Å². The van der Waals surface area contributed by atoms with Crippen LogP contribution < -0.4 is 4.90 Å². The lowest BCUT2D eigenvalue weighted by Crippen LogP contribution is -2.64. The quantitative estimate of drug-likeness (QED) is 0.745. The van der Waals surface area contributed by atoms with Crippen LogP contribution in [0.5, 0.6) is 0 Å². The molecule has 2 aliphatic rings. The lowest BCUT2D eigenvalue weighted by Gasteiger charge is -2.46. The van der Waals surface area contributed by atoms with Crippen molar-refractivity contribution in [3.63, 3.8) is 0 Å². The van der Waals surface area contributed by atoms with Crippen molar-refractivity contribution in [3.8, 4) is 0 Å². The Morgan fingerprint density at radius 1 is 1.15 bits per heavy atom. The van der Waals surface area contributed by atoms with E-state index in [9.17, 15) is 9.59 Å². The van der Waals surface area contributed by atoms with E-state index in [0.29, 0.717) is 31.9 Å². The molecule has 0 bridgehead atoms. The van der Waals surface area contributed by atoms with Crippen molar-refractivity contribution >= 4 is 17.5 Å². The fraction of sp³-hybridized carbons (Fsp3) is 0.500. The van der Waals surface area contributed by atoms with Gasteiger partial charge in [-0.25, -0.2) is 4.98 Å². The summed E-state index contributed by atoms with van der Waals surface area (Å²) < 4.78 is 1.69. The molecule has 142 valence electrons. The van der Waals surface area contributed by atoms with Crippen LogP contribution in [0.25, 0.3) is 0 Å². The molecule has 4 heterocycles. The van der Waals surface area contributed by atoms with Crippen molar-refractivity contribution in [2.75, 3.05) is 38.1 Å². The maximum absolute atomic E-state index is 12.8. The third-order valence-corrected chi connectivity index (χ3v) is 5.56. The Kier molecular flexibility index (Phi) is 4.18. The van der Waals surface area contributed by atoms with Gasteiger partial charge in [-0.05, 0) is 20.4 Å². The molecule has 2 aromatic heterocycles. The molecular formula is C18H23N7O2. The molecule has 9 heteroatoms. The van der Waals surface area contributed by atoms with Crippen LogP contribution in [0.4, 0.5) is 5.69 Å². The Morgan fingerprint density at radius 3 is 2.63 bits per heavy atom. The van der Waals surface area contributed by atoms with E-state index < -0.39 is 0 Å². The Balaban J connectivity index is 1.55. The number of carbonyl (C=O) groups is 2. The molecular weight excluding hydrogens is 346 g/mol. The van der Waals surface area contributed by atoms with Crippen LogP contribution in [0.3, 0.4) is 0 Å². The number of nitrogens with zero attached hydrogens (tertiary/aromatic N) is 7. The number of amides is 2. The summed E-state index contributed by atoms with van der Waals surface area (Å²) in [6.45, 7) is 3.89. The molecule has 2 aliphatic heterocycles. The van der Waals surface area contributed by atoms with E-state index in [4.69, 9.17) is 0 Å². The van der Waals surface area contributed by atoms with Crippen molar-refractivity contribution in [3.05, 3.63) is 36.2 Å². The monoisotopic (exact) mass is 369 g/mol. The summed E-state index contributed by atoms with van der Waals surface area (Å²) in [5, 5.41) is 4.18. The van der Waals surface area contributed by atoms with E-state index in [-0.39, 0.29) is 17.4 Å². The molecule has 4 rings (SSSR count). The number of hydrogen-bond donors (Lipinski definition) is 0. The number of hydrogen-bond acceptors (Lipinski definition) is 6. The fourth-order valence-corrected chi connectivity index (χ4v) is 3.88. The summed E-state index contributed by atoms with van der Waals surface area (Å²) >= 11 is 0. The minimum atomic E-state index is -0.266. The first kappa shape index (κ1) is 17.6. The van der Waals surface area contributed by atoms with Crippen molar-refractivity contribution in [2.45, 2.75) is 18.9 Å². The molecule has 0 N–H and O–H groups in total. The largest absolute Gasteiger partial charge is 0.335 e. The molecule has 0 aromatic carbocycles. The number of anilines is 1. The molecule has 27 heavy (non-hydrogen) atoms. The van der Waals surface area contributed by atoms with Crippen LogP contribution in [-0.2, 0) is 11.8 Å². The van der Waals surface area contributed by atoms with Crippen LogP contribution in [0, 0.1) is 6.92 Å². The van der Waals surface area contributed by atoms with Gasteiger partial charge in [0, 0.05) is 39.1 Å². The molecule has 0 aliphatic carbocycles. The standard InChI is InChI=1S/C18H23N7O2/c1-13-6-20-15(8-19-13)17(27)24-5-4-18(11-24)12-25(16(26)10-22(18)2)14-7-21-23(3)9-14/h6-9H,4-5,10-12H2,1-3H3/t18-/m1/s1. The highest BCUT2D eigenvalue weighted by atomic mass is 16.2. The number of aromatic nitrogens is 4. The summed E-state index contributed by atoms with van der Waals surface area (Å²) in [5.41, 5.74) is 1.67. The van der Waals surface area contributed by atoms with Crippen molar-refractivity contribution < 1.29 is 9.59 Å². The van der Waals surface area contributed by atoms with Gasteiger partial charge in [-0.2, -0.15) is 5.10 Å². The van der Waals surface area contributed by atoms with Crippen LogP contribution >= 0.6 is 0 Å². The molecule has 0 radical (unpaired) electrons. The number of rotatable bonds is 2. The van der Waals surface area contributed by atoms with Crippen LogP contribution in [0.15, 0.2) is 24.8 Å². The van der Waals surface area contributed by atoms with Gasteiger partial charge in [-0.3, -0.25) is 24.2 Å². The number of likely N-dealkylation sites (N-methyl/N-ethyl adjacent to an activating group) is 1. The molecule has 2 fully saturated rings. The van der Waals surface area contributed by atoms with Gasteiger partial charge < -0.3 is 9.80 Å². The summed E-state index contributed by atoms with van der Waals surface area (Å²) in [5.74, 6) is -0.0668. The van der Waals surface area contributed by atoms with Crippen molar-refractivity contribution in [1.82, 2.24) is 29.5 Å². The van der Waals surface area contributed by atoms with Crippen LogP contribution in [-0.4, -0.2) is 80.1 Å². The lowest BCUT2D eigenvalue weighted by molar-refractivity contribution is -0.123. The topological polar surface area (TPSA) is 87.5 Å². The van der Waals surface area contributed by atoms with Crippen LogP contribution in [0.1, 0.15) is 22.6 Å². The highest BCUT2D eigenvalue weighted by molar-refractivity contribution is 5.96. The minimum absolute atomic E-state index is 0.0466. The Labute approximate surface area is 157 Å². The molecule has 1 atom stereocenters. The number of piperazine rings is 1. The van der Waals surface area contributed by atoms with E-state index in [1.54, 1.807) is 22.0 Å². The van der Waals surface area contributed by atoms with Crippen molar-refractivity contribution in [2.24, 2.45) is 7.05 Å². The third kappa shape index (κ3) is 3.08. The van der Waals surface area contributed by atoms with E-state index in [1.807, 2.05) is 32.1 Å². The minimum Gasteiger partial charge on any atom is -0.335 e. The highest BCUT2D eigenvalue weighted by Crippen LogP contribution is 2.33. The fourth-order valence-electron chi connectivity index (χ4n) is 3.88. The molecule has 0 unspecified atom stereocenters. The average Bonchev–Trinajstić information content (AvgIpc) is 3.26. The van der Waals surface area contributed by atoms with Gasteiger partial charge in [0.2, 0.25) is 5.91 Å². The highest BCUT2D eigenvalue weighted by Gasteiger charge is 2.49. The Morgan fingerprint density at radius 2 is 1.96 bits per heavy atom.